The third-order valence-electron chi connectivity index (χ3n) is 3.44. The maximum absolute atomic E-state index is 6.20. The molecule has 0 atom stereocenters. The molecule has 1 aromatic heterocycles. The minimum atomic E-state index is 0.576. The van der Waals surface area contributed by atoms with Crippen molar-refractivity contribution in [1.29, 1.82) is 0 Å². The molecule has 2 aromatic carbocycles. The third-order valence-corrected chi connectivity index (χ3v) is 3.73. The van der Waals surface area contributed by atoms with Crippen LogP contribution in [0.3, 0.4) is 0 Å². The molecule has 0 aliphatic carbocycles. The van der Waals surface area contributed by atoms with Gasteiger partial charge in [0.05, 0.1) is 28.9 Å². The molecule has 3 rings (SSSR count). The molecule has 6 heteroatoms. The largest absolute Gasteiger partial charge is 0.492 e. The lowest BCUT2D eigenvalue weighted by atomic mass is 10.2. The summed E-state index contributed by atoms with van der Waals surface area (Å²) < 4.78 is 5.55. The number of nitrogens with zero attached hydrogens (tertiary/aromatic N) is 2. The number of hydrazone groups is 1. The van der Waals surface area contributed by atoms with Crippen LogP contribution in [-0.2, 0) is 0 Å². The highest BCUT2D eigenvalue weighted by molar-refractivity contribution is 6.32. The van der Waals surface area contributed by atoms with Crippen molar-refractivity contribution in [3.63, 3.8) is 0 Å². The highest BCUT2D eigenvalue weighted by atomic mass is 35.5. The first-order valence-electron chi connectivity index (χ1n) is 7.83. The number of halogens is 1. The van der Waals surface area contributed by atoms with Gasteiger partial charge in [0, 0.05) is 0 Å². The number of hydrogen-bond acceptors (Lipinski definition) is 4. The normalized spacial score (nSPS) is 11.3. The molecule has 0 bridgehead atoms. The predicted octanol–water partition coefficient (Wildman–Crippen LogP) is 4.76. The number of aryl methyl sites for hydroxylation is 1. The number of ether oxygens (including phenoxy) is 1. The van der Waals surface area contributed by atoms with Crippen molar-refractivity contribution in [3.8, 4) is 5.75 Å². The quantitative estimate of drug-likeness (QED) is 0.501. The van der Waals surface area contributed by atoms with Gasteiger partial charge in [-0.25, -0.2) is 10.4 Å². The Labute approximate surface area is 145 Å². The van der Waals surface area contributed by atoms with Crippen LogP contribution in [0.5, 0.6) is 5.75 Å². The zero-order valence-corrected chi connectivity index (χ0v) is 14.4. The average Bonchev–Trinajstić information content (AvgIpc) is 2.96. The Morgan fingerprint density at radius 2 is 2.17 bits per heavy atom. The van der Waals surface area contributed by atoms with Crippen LogP contribution in [0.1, 0.15) is 24.5 Å². The molecular weight excluding hydrogens is 324 g/mol. The van der Waals surface area contributed by atoms with Gasteiger partial charge in [-0.2, -0.15) is 5.10 Å². The molecule has 0 aliphatic heterocycles. The maximum atomic E-state index is 6.20. The Morgan fingerprint density at radius 3 is 2.96 bits per heavy atom. The Hall–Kier alpha value is -2.53. The Morgan fingerprint density at radius 1 is 1.29 bits per heavy atom. The zero-order chi connectivity index (χ0) is 16.9. The van der Waals surface area contributed by atoms with E-state index in [9.17, 15) is 0 Å². The summed E-state index contributed by atoms with van der Waals surface area (Å²) in [5.41, 5.74) is 6.84. The number of imidazole rings is 1. The number of H-pyrrole nitrogens is 1. The van der Waals surface area contributed by atoms with Gasteiger partial charge in [-0.3, -0.25) is 0 Å². The molecule has 0 saturated carbocycles. The molecule has 0 aliphatic rings. The highest BCUT2D eigenvalue weighted by Crippen LogP contribution is 2.25. The molecule has 0 radical (unpaired) electrons. The fourth-order valence-electron chi connectivity index (χ4n) is 2.27. The van der Waals surface area contributed by atoms with Crippen molar-refractivity contribution < 1.29 is 4.74 Å². The van der Waals surface area contributed by atoms with Gasteiger partial charge < -0.3 is 9.72 Å². The van der Waals surface area contributed by atoms with Crippen LogP contribution in [0.4, 0.5) is 5.95 Å². The summed E-state index contributed by atoms with van der Waals surface area (Å²) in [5, 5.41) is 4.77. The second-order valence-electron chi connectivity index (χ2n) is 5.51. The maximum Gasteiger partial charge on any atom is 0.222 e. The van der Waals surface area contributed by atoms with Crippen molar-refractivity contribution >= 4 is 34.8 Å². The number of fused-ring (bicyclic) bond motifs is 1. The second kappa shape index (κ2) is 7.36. The van der Waals surface area contributed by atoms with Gasteiger partial charge in [0.15, 0.2) is 0 Å². The van der Waals surface area contributed by atoms with Gasteiger partial charge >= 0.3 is 0 Å². The van der Waals surface area contributed by atoms with E-state index in [1.807, 2.05) is 43.3 Å². The fraction of sp³-hybridized carbons (Fsp3) is 0.222. The van der Waals surface area contributed by atoms with E-state index < -0.39 is 0 Å². The van der Waals surface area contributed by atoms with Gasteiger partial charge in [0.2, 0.25) is 5.95 Å². The average molecular weight is 343 g/mol. The van der Waals surface area contributed by atoms with E-state index in [0.29, 0.717) is 23.3 Å². The number of nitrogens with one attached hydrogen (secondary N) is 2. The Balaban J connectivity index is 1.67. The van der Waals surface area contributed by atoms with Crippen LogP contribution in [-0.4, -0.2) is 22.8 Å². The van der Waals surface area contributed by atoms with Crippen LogP contribution in [0.15, 0.2) is 41.5 Å². The standard InChI is InChI=1S/C18H19ClN4O/c1-3-8-24-17-7-5-13(10-14(17)19)11-20-23-18-21-15-6-4-12(2)9-16(15)22-18/h4-7,9-11H,3,8H2,1-2H3,(H2,21,22,23)/b20-11-. The lowest BCUT2D eigenvalue weighted by molar-refractivity contribution is 0.317. The summed E-state index contributed by atoms with van der Waals surface area (Å²) in [6.07, 6.45) is 2.63. The minimum absolute atomic E-state index is 0.576. The van der Waals surface area contributed by atoms with E-state index in [1.165, 1.54) is 5.56 Å². The number of aromatic amines is 1. The van der Waals surface area contributed by atoms with Gasteiger partial charge in [-0.1, -0.05) is 24.6 Å². The molecule has 0 spiro atoms. The summed E-state index contributed by atoms with van der Waals surface area (Å²) in [7, 11) is 0. The first-order chi connectivity index (χ1) is 11.7. The van der Waals surface area contributed by atoms with Crippen molar-refractivity contribution in [2.45, 2.75) is 20.3 Å². The summed E-state index contributed by atoms with van der Waals surface area (Å²) in [6.45, 7) is 4.75. The summed E-state index contributed by atoms with van der Waals surface area (Å²) in [6, 6.07) is 11.6. The second-order valence-corrected chi connectivity index (χ2v) is 5.92. The van der Waals surface area contributed by atoms with Crippen LogP contribution < -0.4 is 10.2 Å². The van der Waals surface area contributed by atoms with E-state index in [0.717, 1.165) is 23.0 Å². The van der Waals surface area contributed by atoms with E-state index in [4.69, 9.17) is 16.3 Å². The smallest absolute Gasteiger partial charge is 0.222 e. The third kappa shape index (κ3) is 3.86. The number of benzene rings is 2. The topological polar surface area (TPSA) is 62.3 Å². The molecule has 24 heavy (non-hydrogen) atoms. The van der Waals surface area contributed by atoms with Crippen molar-refractivity contribution in [3.05, 3.63) is 52.5 Å². The molecule has 0 fully saturated rings. The Bertz CT molecular complexity index is 873. The number of rotatable bonds is 6. The molecule has 3 aromatic rings. The molecule has 0 unspecified atom stereocenters. The van der Waals surface area contributed by atoms with Gasteiger partial charge in [-0.05, 0) is 54.8 Å². The molecule has 5 nitrogen and oxygen atoms in total. The molecular formula is C18H19ClN4O. The predicted molar refractivity (Wildman–Crippen MR) is 99.3 cm³/mol. The van der Waals surface area contributed by atoms with Crippen molar-refractivity contribution in [2.24, 2.45) is 5.10 Å². The van der Waals surface area contributed by atoms with E-state index >= 15 is 0 Å². The van der Waals surface area contributed by atoms with Gasteiger partial charge in [0.25, 0.3) is 0 Å². The number of hydrogen-bond donors (Lipinski definition) is 2. The SMILES string of the molecule is CCCOc1ccc(/C=N\Nc2nc3ccc(C)cc3[nH]2)cc1Cl. The summed E-state index contributed by atoms with van der Waals surface area (Å²) >= 11 is 6.20. The minimum Gasteiger partial charge on any atom is -0.492 e. The first kappa shape index (κ1) is 16.3. The van der Waals surface area contributed by atoms with Crippen molar-refractivity contribution in [1.82, 2.24) is 9.97 Å². The lowest BCUT2D eigenvalue weighted by Gasteiger charge is -2.06. The van der Waals surface area contributed by atoms with Gasteiger partial charge in [0.1, 0.15) is 5.75 Å². The van der Waals surface area contributed by atoms with E-state index in [-0.39, 0.29) is 0 Å². The number of anilines is 1. The monoisotopic (exact) mass is 342 g/mol. The summed E-state index contributed by atoms with van der Waals surface area (Å²) in [5.74, 6) is 1.29. The van der Waals surface area contributed by atoms with Crippen LogP contribution >= 0.6 is 11.6 Å². The molecule has 0 amide bonds. The van der Waals surface area contributed by atoms with Crippen LogP contribution in [0.25, 0.3) is 11.0 Å². The number of aromatic nitrogens is 2. The van der Waals surface area contributed by atoms with E-state index in [2.05, 4.69) is 27.4 Å². The van der Waals surface area contributed by atoms with Crippen molar-refractivity contribution in [2.75, 3.05) is 12.0 Å². The molecule has 124 valence electrons. The molecule has 0 saturated heterocycles. The first-order valence-corrected chi connectivity index (χ1v) is 8.21. The van der Waals surface area contributed by atoms with Crippen LogP contribution in [0.2, 0.25) is 5.02 Å². The highest BCUT2D eigenvalue weighted by Gasteiger charge is 2.03. The summed E-state index contributed by atoms with van der Waals surface area (Å²) in [4.78, 5) is 7.61. The Kier molecular flexibility index (Phi) is 5.01. The molecule has 1 heterocycles. The van der Waals surface area contributed by atoms with Crippen LogP contribution in [0, 0.1) is 6.92 Å². The van der Waals surface area contributed by atoms with Gasteiger partial charge in [-0.15, -0.1) is 0 Å². The fourth-order valence-corrected chi connectivity index (χ4v) is 2.51. The lowest BCUT2D eigenvalue weighted by Crippen LogP contribution is -1.96. The van der Waals surface area contributed by atoms with E-state index in [1.54, 1.807) is 6.21 Å². The zero-order valence-electron chi connectivity index (χ0n) is 13.6. The molecule has 2 N–H and O–H groups in total.